The Kier molecular flexibility index (Phi) is 15.2. The third kappa shape index (κ3) is 11.4. The molecule has 2 amide bonds. The molecule has 2 rings (SSSR count). The number of amides is 2. The van der Waals surface area contributed by atoms with Gasteiger partial charge >= 0.3 is 0 Å². The third-order valence-electron chi connectivity index (χ3n) is 6.75. The molecule has 6 nitrogen and oxygen atoms in total. The largest absolute Gasteiger partial charge is 0.506 e. The highest BCUT2D eigenvalue weighted by molar-refractivity contribution is 6.05. The van der Waals surface area contributed by atoms with E-state index in [9.17, 15) is 14.7 Å². The summed E-state index contributed by atoms with van der Waals surface area (Å²) in [4.78, 5) is 25.0. The zero-order valence-corrected chi connectivity index (χ0v) is 23.1. The minimum Gasteiger partial charge on any atom is -0.506 e. The van der Waals surface area contributed by atoms with Crippen LogP contribution in [0.1, 0.15) is 114 Å². The van der Waals surface area contributed by atoms with E-state index >= 15 is 0 Å². The second-order valence-corrected chi connectivity index (χ2v) is 9.95. The van der Waals surface area contributed by atoms with Crippen molar-refractivity contribution in [2.24, 2.45) is 0 Å². The Morgan fingerprint density at radius 3 is 1.89 bits per heavy atom. The highest BCUT2D eigenvalue weighted by atomic mass is 16.5. The number of hydrogen-bond acceptors (Lipinski definition) is 4. The van der Waals surface area contributed by atoms with Gasteiger partial charge in [0.15, 0.2) is 6.61 Å². The van der Waals surface area contributed by atoms with Crippen LogP contribution < -0.4 is 15.4 Å². The van der Waals surface area contributed by atoms with Gasteiger partial charge in [-0.05, 0) is 18.9 Å². The Bertz CT molecular complexity index is 944. The number of hydrogen-bond donors (Lipinski definition) is 3. The highest BCUT2D eigenvalue weighted by Gasteiger charge is 2.18. The first-order chi connectivity index (χ1) is 18.1. The lowest BCUT2D eigenvalue weighted by Crippen LogP contribution is -2.29. The number of carbonyl (C=O) groups excluding carboxylic acids is 2. The lowest BCUT2D eigenvalue weighted by molar-refractivity contribution is -0.123. The standard InChI is InChI=1S/C31H48N2O4/c1-3-5-7-8-9-10-11-12-13-14-15-18-22-32-29(34)24-37-28-23-27(31(36)33-21-6-4-2)30(35)26-20-17-16-19-25(26)28/h16-17,19-20,23,35H,3-15,18,21-22,24H2,1-2H3,(H,32,34)(H,33,36). The first-order valence-electron chi connectivity index (χ1n) is 14.5. The monoisotopic (exact) mass is 512 g/mol. The topological polar surface area (TPSA) is 87.7 Å². The third-order valence-corrected chi connectivity index (χ3v) is 6.75. The van der Waals surface area contributed by atoms with Gasteiger partial charge in [-0.2, -0.15) is 0 Å². The number of nitrogens with one attached hydrogen (secondary N) is 2. The molecule has 0 saturated carbocycles. The average molecular weight is 513 g/mol. The van der Waals surface area contributed by atoms with E-state index in [1.165, 1.54) is 70.3 Å². The number of rotatable bonds is 20. The maximum atomic E-state index is 12.6. The summed E-state index contributed by atoms with van der Waals surface area (Å²) >= 11 is 0. The highest BCUT2D eigenvalue weighted by Crippen LogP contribution is 2.36. The molecule has 2 aromatic carbocycles. The molecule has 0 bridgehead atoms. The summed E-state index contributed by atoms with van der Waals surface area (Å²) in [6.07, 6.45) is 17.2. The van der Waals surface area contributed by atoms with Crippen LogP contribution in [0.15, 0.2) is 30.3 Å². The number of fused-ring (bicyclic) bond motifs is 1. The molecule has 0 aromatic heterocycles. The van der Waals surface area contributed by atoms with Crippen LogP contribution >= 0.6 is 0 Å². The maximum absolute atomic E-state index is 12.6. The van der Waals surface area contributed by atoms with Gasteiger partial charge in [-0.25, -0.2) is 0 Å². The number of carbonyl (C=O) groups is 2. The molecule has 0 aliphatic rings. The van der Waals surface area contributed by atoms with Crippen LogP contribution in [0.4, 0.5) is 0 Å². The van der Waals surface area contributed by atoms with E-state index in [1.54, 1.807) is 12.1 Å². The summed E-state index contributed by atoms with van der Waals surface area (Å²) < 4.78 is 5.81. The summed E-state index contributed by atoms with van der Waals surface area (Å²) in [7, 11) is 0. The van der Waals surface area contributed by atoms with E-state index in [0.29, 0.717) is 29.6 Å². The van der Waals surface area contributed by atoms with Gasteiger partial charge in [-0.3, -0.25) is 9.59 Å². The van der Waals surface area contributed by atoms with Crippen molar-refractivity contribution in [2.75, 3.05) is 19.7 Å². The van der Waals surface area contributed by atoms with Crippen LogP contribution in [0.5, 0.6) is 11.5 Å². The Balaban J connectivity index is 1.70. The van der Waals surface area contributed by atoms with E-state index in [1.807, 2.05) is 12.1 Å². The minimum absolute atomic E-state index is 0.0756. The predicted octanol–water partition coefficient (Wildman–Crippen LogP) is 7.27. The summed E-state index contributed by atoms with van der Waals surface area (Å²) in [5, 5.41) is 17.6. The normalized spacial score (nSPS) is 11.0. The van der Waals surface area contributed by atoms with Crippen molar-refractivity contribution >= 4 is 22.6 Å². The number of ether oxygens (including phenoxy) is 1. The maximum Gasteiger partial charge on any atom is 0.257 e. The first-order valence-corrected chi connectivity index (χ1v) is 14.5. The van der Waals surface area contributed by atoms with Crippen molar-refractivity contribution in [1.82, 2.24) is 10.6 Å². The Morgan fingerprint density at radius 2 is 1.27 bits per heavy atom. The van der Waals surface area contributed by atoms with Gasteiger partial charge in [0.2, 0.25) is 0 Å². The lowest BCUT2D eigenvalue weighted by Gasteiger charge is -2.14. The number of aromatic hydroxyl groups is 1. The smallest absolute Gasteiger partial charge is 0.257 e. The summed E-state index contributed by atoms with van der Waals surface area (Å²) in [5.74, 6) is -0.199. The second-order valence-electron chi connectivity index (χ2n) is 9.95. The molecule has 0 unspecified atom stereocenters. The number of phenolic OH excluding ortho intramolecular Hbond substituents is 1. The van der Waals surface area contributed by atoms with E-state index < -0.39 is 0 Å². The molecule has 6 heteroatoms. The van der Waals surface area contributed by atoms with Crippen LogP contribution in [-0.2, 0) is 4.79 Å². The molecule has 3 N–H and O–H groups in total. The number of phenols is 1. The molecule has 0 spiro atoms. The van der Waals surface area contributed by atoms with E-state index in [4.69, 9.17) is 4.74 Å². The lowest BCUT2D eigenvalue weighted by atomic mass is 10.0. The molecular weight excluding hydrogens is 464 g/mol. The van der Waals surface area contributed by atoms with Crippen molar-refractivity contribution < 1.29 is 19.4 Å². The zero-order valence-electron chi connectivity index (χ0n) is 23.1. The van der Waals surface area contributed by atoms with Crippen LogP contribution in [0.25, 0.3) is 10.8 Å². The Labute approximate surface area is 223 Å². The molecule has 2 aromatic rings. The van der Waals surface area contributed by atoms with E-state index in [0.717, 1.165) is 25.7 Å². The number of benzene rings is 2. The van der Waals surface area contributed by atoms with Gasteiger partial charge in [0, 0.05) is 23.9 Å². The molecule has 0 aliphatic carbocycles. The van der Waals surface area contributed by atoms with Gasteiger partial charge in [0.1, 0.15) is 11.5 Å². The fourth-order valence-corrected chi connectivity index (χ4v) is 4.48. The molecule has 206 valence electrons. The van der Waals surface area contributed by atoms with Crippen LogP contribution in [-0.4, -0.2) is 36.6 Å². The van der Waals surface area contributed by atoms with Crippen LogP contribution in [0, 0.1) is 0 Å². The zero-order chi connectivity index (χ0) is 26.7. The molecule has 0 radical (unpaired) electrons. The Hall–Kier alpha value is -2.76. The minimum atomic E-state index is -0.349. The van der Waals surface area contributed by atoms with Gasteiger partial charge in [0.05, 0.1) is 5.56 Å². The van der Waals surface area contributed by atoms with Crippen molar-refractivity contribution in [2.45, 2.75) is 104 Å². The molecular formula is C31H48N2O4. The van der Waals surface area contributed by atoms with Crippen molar-refractivity contribution in [3.05, 3.63) is 35.9 Å². The van der Waals surface area contributed by atoms with Crippen molar-refractivity contribution in [3.63, 3.8) is 0 Å². The molecule has 0 saturated heterocycles. The van der Waals surface area contributed by atoms with Crippen LogP contribution in [0.2, 0.25) is 0 Å². The molecule has 0 fully saturated rings. The first kappa shape index (κ1) is 30.5. The summed E-state index contributed by atoms with van der Waals surface area (Å²) in [5.41, 5.74) is 0.154. The SMILES string of the molecule is CCCCCCCCCCCCCCNC(=O)COc1cc(C(=O)NCCCC)c(O)c2ccccc12. The average Bonchev–Trinajstić information content (AvgIpc) is 2.91. The van der Waals surface area contributed by atoms with Gasteiger partial charge in [0.25, 0.3) is 11.8 Å². The molecule has 0 heterocycles. The van der Waals surface area contributed by atoms with Crippen LogP contribution in [0.3, 0.4) is 0 Å². The summed E-state index contributed by atoms with van der Waals surface area (Å²) in [6.45, 7) is 5.35. The summed E-state index contributed by atoms with van der Waals surface area (Å²) in [6, 6.07) is 8.72. The van der Waals surface area contributed by atoms with Crippen molar-refractivity contribution in [1.29, 1.82) is 0 Å². The van der Waals surface area contributed by atoms with E-state index in [-0.39, 0.29) is 29.7 Å². The van der Waals surface area contributed by atoms with Gasteiger partial charge < -0.3 is 20.5 Å². The Morgan fingerprint density at radius 1 is 0.730 bits per heavy atom. The van der Waals surface area contributed by atoms with Gasteiger partial charge in [-0.15, -0.1) is 0 Å². The molecule has 37 heavy (non-hydrogen) atoms. The molecule has 0 aliphatic heterocycles. The second kappa shape index (κ2) is 18.5. The fourth-order valence-electron chi connectivity index (χ4n) is 4.48. The van der Waals surface area contributed by atoms with E-state index in [2.05, 4.69) is 24.5 Å². The van der Waals surface area contributed by atoms with Gasteiger partial charge in [-0.1, -0.05) is 115 Å². The fraction of sp³-hybridized carbons (Fsp3) is 0.613. The molecule has 0 atom stereocenters. The number of unbranched alkanes of at least 4 members (excludes halogenated alkanes) is 12. The van der Waals surface area contributed by atoms with Crippen molar-refractivity contribution in [3.8, 4) is 11.5 Å². The predicted molar refractivity (Wildman–Crippen MR) is 152 cm³/mol. The quantitative estimate of drug-likeness (QED) is 0.163.